The van der Waals surface area contributed by atoms with Gasteiger partial charge in [0.15, 0.2) is 6.29 Å². The van der Waals surface area contributed by atoms with Crippen LogP contribution in [0.5, 0.6) is 11.6 Å². The van der Waals surface area contributed by atoms with Crippen molar-refractivity contribution in [2.75, 3.05) is 0 Å². The third kappa shape index (κ3) is 3.36. The number of ether oxygens (including phenoxy) is 1. The second-order valence-electron chi connectivity index (χ2n) is 4.72. The number of rotatable bonds is 4. The number of pyridine rings is 1. The van der Waals surface area contributed by atoms with Crippen molar-refractivity contribution < 1.29 is 9.53 Å². The molecule has 0 aliphatic carbocycles. The maximum atomic E-state index is 11.2. The van der Waals surface area contributed by atoms with Crippen LogP contribution in [-0.2, 0) is 0 Å². The average Bonchev–Trinajstić information content (AvgIpc) is 2.57. The highest BCUT2D eigenvalue weighted by molar-refractivity contribution is 6.33. The fourth-order valence-electron chi connectivity index (χ4n) is 2.07. The predicted octanol–water partition coefficient (Wildman–Crippen LogP) is 5.66. The van der Waals surface area contributed by atoms with Crippen molar-refractivity contribution >= 4 is 29.5 Å². The topological polar surface area (TPSA) is 39.2 Å². The summed E-state index contributed by atoms with van der Waals surface area (Å²) in [4.78, 5) is 15.7. The molecule has 23 heavy (non-hydrogen) atoms. The number of hydrogen-bond donors (Lipinski definition) is 0. The second-order valence-corrected chi connectivity index (χ2v) is 5.54. The number of halogens is 2. The summed E-state index contributed by atoms with van der Waals surface area (Å²) in [6.07, 6.45) is 0.690. The number of carbonyl (C=O) groups excluding carboxylic acids is 1. The molecule has 0 aliphatic rings. The van der Waals surface area contributed by atoms with Crippen LogP contribution in [-0.4, -0.2) is 11.3 Å². The van der Waals surface area contributed by atoms with Crippen LogP contribution in [0.4, 0.5) is 0 Å². The molecule has 0 saturated heterocycles. The van der Waals surface area contributed by atoms with E-state index in [9.17, 15) is 4.79 Å². The molecule has 0 atom stereocenters. The first kappa shape index (κ1) is 15.5. The lowest BCUT2D eigenvalue weighted by molar-refractivity contribution is 0.112. The van der Waals surface area contributed by atoms with Crippen LogP contribution >= 0.6 is 23.2 Å². The van der Waals surface area contributed by atoms with Crippen molar-refractivity contribution in [2.45, 2.75) is 0 Å². The van der Waals surface area contributed by atoms with Crippen molar-refractivity contribution in [3.05, 3.63) is 76.3 Å². The SMILES string of the molecule is O=Cc1ccc(-c2ccccc2Cl)nc1Oc1ccccc1Cl. The van der Waals surface area contributed by atoms with Gasteiger partial charge in [-0.3, -0.25) is 4.79 Å². The largest absolute Gasteiger partial charge is 0.437 e. The van der Waals surface area contributed by atoms with Crippen LogP contribution < -0.4 is 4.74 Å². The van der Waals surface area contributed by atoms with E-state index in [1.807, 2.05) is 18.2 Å². The summed E-state index contributed by atoms with van der Waals surface area (Å²) in [5.74, 6) is 0.617. The number of carbonyl (C=O) groups is 1. The predicted molar refractivity (Wildman–Crippen MR) is 91.6 cm³/mol. The fourth-order valence-corrected chi connectivity index (χ4v) is 2.48. The highest BCUT2D eigenvalue weighted by Crippen LogP contribution is 2.32. The van der Waals surface area contributed by atoms with E-state index in [1.165, 1.54) is 0 Å². The first-order valence-electron chi connectivity index (χ1n) is 6.82. The van der Waals surface area contributed by atoms with E-state index in [0.29, 0.717) is 33.3 Å². The van der Waals surface area contributed by atoms with E-state index in [2.05, 4.69) is 4.98 Å². The fraction of sp³-hybridized carbons (Fsp3) is 0. The van der Waals surface area contributed by atoms with Gasteiger partial charge in [-0.1, -0.05) is 53.5 Å². The molecule has 2 aromatic carbocycles. The third-order valence-corrected chi connectivity index (χ3v) is 3.85. The number of benzene rings is 2. The average molecular weight is 344 g/mol. The number of para-hydroxylation sites is 1. The Morgan fingerprint density at radius 2 is 1.57 bits per heavy atom. The van der Waals surface area contributed by atoms with Gasteiger partial charge in [-0.15, -0.1) is 0 Å². The van der Waals surface area contributed by atoms with Crippen molar-refractivity contribution in [1.82, 2.24) is 4.98 Å². The third-order valence-electron chi connectivity index (χ3n) is 3.21. The molecule has 0 saturated carbocycles. The molecule has 1 heterocycles. The van der Waals surface area contributed by atoms with E-state index in [0.717, 1.165) is 5.56 Å². The minimum atomic E-state index is 0.186. The molecule has 0 spiro atoms. The Labute approximate surface area is 143 Å². The van der Waals surface area contributed by atoms with Crippen LogP contribution in [0.15, 0.2) is 60.7 Å². The van der Waals surface area contributed by atoms with Crippen LogP contribution in [0.2, 0.25) is 10.0 Å². The number of nitrogens with zero attached hydrogens (tertiary/aromatic N) is 1. The van der Waals surface area contributed by atoms with Gasteiger partial charge in [-0.2, -0.15) is 0 Å². The van der Waals surface area contributed by atoms with Gasteiger partial charge in [-0.05, 0) is 30.3 Å². The first-order chi connectivity index (χ1) is 11.2. The molecule has 3 rings (SSSR count). The summed E-state index contributed by atoms with van der Waals surface area (Å²) in [5, 5.41) is 1.01. The van der Waals surface area contributed by atoms with Crippen LogP contribution in [0.25, 0.3) is 11.3 Å². The lowest BCUT2D eigenvalue weighted by Gasteiger charge is -2.11. The molecule has 0 radical (unpaired) electrons. The van der Waals surface area contributed by atoms with Crippen molar-refractivity contribution in [3.63, 3.8) is 0 Å². The second kappa shape index (κ2) is 6.82. The zero-order valence-corrected chi connectivity index (χ0v) is 13.4. The van der Waals surface area contributed by atoms with Gasteiger partial charge in [0.25, 0.3) is 0 Å². The quantitative estimate of drug-likeness (QED) is 0.573. The minimum Gasteiger partial charge on any atom is -0.437 e. The van der Waals surface area contributed by atoms with Gasteiger partial charge >= 0.3 is 0 Å². The van der Waals surface area contributed by atoms with Gasteiger partial charge in [0.05, 0.1) is 16.3 Å². The standard InChI is InChI=1S/C18H11Cl2NO2/c19-14-6-2-1-5-13(14)16-10-9-12(11-22)18(21-16)23-17-8-4-3-7-15(17)20/h1-11H. The summed E-state index contributed by atoms with van der Waals surface area (Å²) in [7, 11) is 0. The van der Waals surface area contributed by atoms with Gasteiger partial charge in [-0.25, -0.2) is 4.98 Å². The molecule has 3 nitrogen and oxygen atoms in total. The molecule has 5 heteroatoms. The minimum absolute atomic E-state index is 0.186. The van der Waals surface area contributed by atoms with E-state index in [1.54, 1.807) is 42.5 Å². The van der Waals surface area contributed by atoms with E-state index in [4.69, 9.17) is 27.9 Å². The monoisotopic (exact) mass is 343 g/mol. The smallest absolute Gasteiger partial charge is 0.230 e. The lowest BCUT2D eigenvalue weighted by atomic mass is 10.1. The Hall–Kier alpha value is -2.36. The summed E-state index contributed by atoms with van der Waals surface area (Å²) in [6.45, 7) is 0. The van der Waals surface area contributed by atoms with Crippen molar-refractivity contribution in [2.24, 2.45) is 0 Å². The number of hydrogen-bond acceptors (Lipinski definition) is 3. The molecule has 0 amide bonds. The maximum Gasteiger partial charge on any atom is 0.230 e. The highest BCUT2D eigenvalue weighted by atomic mass is 35.5. The van der Waals surface area contributed by atoms with E-state index >= 15 is 0 Å². The molecular weight excluding hydrogens is 333 g/mol. The molecule has 0 fully saturated rings. The van der Waals surface area contributed by atoms with Gasteiger partial charge in [0.1, 0.15) is 5.75 Å². The van der Waals surface area contributed by atoms with Crippen LogP contribution in [0.1, 0.15) is 10.4 Å². The van der Waals surface area contributed by atoms with Gasteiger partial charge in [0.2, 0.25) is 5.88 Å². The van der Waals surface area contributed by atoms with Gasteiger partial charge < -0.3 is 4.74 Å². The number of aldehydes is 1. The molecular formula is C18H11Cl2NO2. The number of aromatic nitrogens is 1. The lowest BCUT2D eigenvalue weighted by Crippen LogP contribution is -1.96. The molecule has 0 bridgehead atoms. The normalized spacial score (nSPS) is 10.3. The van der Waals surface area contributed by atoms with E-state index < -0.39 is 0 Å². The molecule has 0 N–H and O–H groups in total. The molecule has 0 aliphatic heterocycles. The summed E-state index contributed by atoms with van der Waals surface area (Å²) in [6, 6.07) is 17.7. The molecule has 114 valence electrons. The Morgan fingerprint density at radius 3 is 2.26 bits per heavy atom. The Morgan fingerprint density at radius 1 is 0.870 bits per heavy atom. The van der Waals surface area contributed by atoms with Crippen LogP contribution in [0, 0.1) is 0 Å². The molecule has 3 aromatic rings. The first-order valence-corrected chi connectivity index (χ1v) is 7.58. The summed E-state index contributed by atoms with van der Waals surface area (Å²) >= 11 is 12.3. The Balaban J connectivity index is 2.05. The zero-order valence-electron chi connectivity index (χ0n) is 11.9. The zero-order chi connectivity index (χ0) is 16.2. The van der Waals surface area contributed by atoms with Crippen molar-refractivity contribution in [1.29, 1.82) is 0 Å². The Kier molecular flexibility index (Phi) is 4.60. The molecule has 0 unspecified atom stereocenters. The summed E-state index contributed by atoms with van der Waals surface area (Å²) in [5.41, 5.74) is 1.71. The highest BCUT2D eigenvalue weighted by Gasteiger charge is 2.12. The Bertz CT molecular complexity index is 865. The van der Waals surface area contributed by atoms with Crippen LogP contribution in [0.3, 0.4) is 0 Å². The summed E-state index contributed by atoms with van der Waals surface area (Å²) < 4.78 is 5.72. The van der Waals surface area contributed by atoms with Crippen molar-refractivity contribution in [3.8, 4) is 22.9 Å². The molecule has 1 aromatic heterocycles. The van der Waals surface area contributed by atoms with Gasteiger partial charge in [0, 0.05) is 10.6 Å². The van der Waals surface area contributed by atoms with E-state index in [-0.39, 0.29) is 5.88 Å². The maximum absolute atomic E-state index is 11.2.